The molecule has 0 unspecified atom stereocenters. The first kappa shape index (κ1) is 21.1. The molecule has 2 aliphatic heterocycles. The van der Waals surface area contributed by atoms with Crippen molar-refractivity contribution in [2.45, 2.75) is 51.6 Å². The maximum absolute atomic E-state index is 12.9. The van der Waals surface area contributed by atoms with Crippen molar-refractivity contribution < 1.29 is 9.53 Å². The van der Waals surface area contributed by atoms with Crippen LogP contribution in [0.3, 0.4) is 0 Å². The standard InChI is InChI=1S/C25H31N5O2/c1-17-20-7-8-24(31)30(12-9-18-15-26-22-6-4-3-5-21(18)22)25(20)28-23(27-17)16-29(2)19-10-13-32-14-11-19/h3-6,15,19,26H,7-14,16H2,1-2H3. The molecule has 7 nitrogen and oxygen atoms in total. The number of nitrogens with zero attached hydrogens (tertiary/aromatic N) is 4. The fraction of sp³-hybridized carbons (Fsp3) is 0.480. The van der Waals surface area contributed by atoms with Gasteiger partial charge >= 0.3 is 0 Å². The monoisotopic (exact) mass is 433 g/mol. The number of ether oxygens (including phenoxy) is 1. The molecule has 5 rings (SSSR count). The van der Waals surface area contributed by atoms with E-state index in [-0.39, 0.29) is 5.91 Å². The molecular weight excluding hydrogens is 402 g/mol. The molecule has 3 aromatic rings. The third kappa shape index (κ3) is 4.14. The summed E-state index contributed by atoms with van der Waals surface area (Å²) in [5.74, 6) is 1.75. The molecule has 0 bridgehead atoms. The van der Waals surface area contributed by atoms with Crippen LogP contribution in [0.2, 0.25) is 0 Å². The van der Waals surface area contributed by atoms with Crippen molar-refractivity contribution in [1.82, 2.24) is 19.9 Å². The first-order valence-corrected chi connectivity index (χ1v) is 11.6. The third-order valence-electron chi connectivity index (χ3n) is 6.87. The zero-order valence-electron chi connectivity index (χ0n) is 18.9. The van der Waals surface area contributed by atoms with E-state index in [2.05, 4.69) is 41.3 Å². The summed E-state index contributed by atoms with van der Waals surface area (Å²) in [6.07, 6.45) is 6.16. The van der Waals surface area contributed by atoms with Gasteiger partial charge in [0.15, 0.2) is 0 Å². The van der Waals surface area contributed by atoms with Gasteiger partial charge < -0.3 is 9.72 Å². The van der Waals surface area contributed by atoms with Gasteiger partial charge in [0.2, 0.25) is 5.91 Å². The number of nitrogens with one attached hydrogen (secondary N) is 1. The number of H-pyrrole nitrogens is 1. The van der Waals surface area contributed by atoms with Crippen molar-refractivity contribution in [2.75, 3.05) is 31.7 Å². The van der Waals surface area contributed by atoms with Crippen LogP contribution in [0.25, 0.3) is 10.9 Å². The predicted octanol–water partition coefficient (Wildman–Crippen LogP) is 3.40. The van der Waals surface area contributed by atoms with E-state index in [1.165, 1.54) is 10.9 Å². The summed E-state index contributed by atoms with van der Waals surface area (Å²) in [5, 5.41) is 1.22. The van der Waals surface area contributed by atoms with Gasteiger partial charge in [-0.1, -0.05) is 18.2 Å². The van der Waals surface area contributed by atoms with Crippen LogP contribution in [0, 0.1) is 6.92 Å². The Balaban J connectivity index is 1.37. The van der Waals surface area contributed by atoms with E-state index >= 15 is 0 Å². The highest BCUT2D eigenvalue weighted by atomic mass is 16.5. The molecule has 168 valence electrons. The van der Waals surface area contributed by atoms with Gasteiger partial charge in [-0.3, -0.25) is 14.6 Å². The molecule has 2 aromatic heterocycles. The minimum absolute atomic E-state index is 0.152. The molecule has 0 spiro atoms. The number of para-hydroxylation sites is 1. The van der Waals surface area contributed by atoms with Crippen molar-refractivity contribution in [3.8, 4) is 0 Å². The predicted molar refractivity (Wildman–Crippen MR) is 125 cm³/mol. The lowest BCUT2D eigenvalue weighted by atomic mass is 10.0. The Morgan fingerprint density at radius 3 is 2.84 bits per heavy atom. The normalized spacial score (nSPS) is 17.3. The fourth-order valence-electron chi connectivity index (χ4n) is 4.99. The summed E-state index contributed by atoms with van der Waals surface area (Å²) in [7, 11) is 2.13. The lowest BCUT2D eigenvalue weighted by molar-refractivity contribution is -0.118. The Hall–Kier alpha value is -2.77. The van der Waals surface area contributed by atoms with Gasteiger partial charge in [0, 0.05) is 60.6 Å². The molecule has 1 N–H and O–H groups in total. The number of hydrogen-bond donors (Lipinski definition) is 1. The minimum atomic E-state index is 0.152. The Kier molecular flexibility index (Phi) is 5.93. The maximum atomic E-state index is 12.9. The van der Waals surface area contributed by atoms with E-state index in [0.717, 1.165) is 67.3 Å². The number of benzene rings is 1. The molecular formula is C25H31N5O2. The zero-order chi connectivity index (χ0) is 22.1. The van der Waals surface area contributed by atoms with Crippen LogP contribution in [0.5, 0.6) is 0 Å². The number of fused-ring (bicyclic) bond motifs is 2. The van der Waals surface area contributed by atoms with Crippen LogP contribution in [0.4, 0.5) is 5.82 Å². The van der Waals surface area contributed by atoms with E-state index in [4.69, 9.17) is 14.7 Å². The summed E-state index contributed by atoms with van der Waals surface area (Å²) >= 11 is 0. The summed E-state index contributed by atoms with van der Waals surface area (Å²) in [4.78, 5) is 30.2. The summed E-state index contributed by atoms with van der Waals surface area (Å²) in [5.41, 5.74) is 4.46. The van der Waals surface area contributed by atoms with Crippen molar-refractivity contribution in [1.29, 1.82) is 0 Å². The van der Waals surface area contributed by atoms with Gasteiger partial charge in [0.25, 0.3) is 0 Å². The SMILES string of the molecule is Cc1nc(CN(C)C2CCOCC2)nc2c1CCC(=O)N2CCc1c[nH]c2ccccc12. The Bertz CT molecular complexity index is 1120. The number of aromatic amines is 1. The van der Waals surface area contributed by atoms with Crippen molar-refractivity contribution in [3.63, 3.8) is 0 Å². The van der Waals surface area contributed by atoms with E-state index in [1.54, 1.807) is 0 Å². The third-order valence-corrected chi connectivity index (χ3v) is 6.87. The number of carbonyl (C=O) groups is 1. The van der Waals surface area contributed by atoms with Crippen LogP contribution >= 0.6 is 0 Å². The van der Waals surface area contributed by atoms with Gasteiger partial charge in [-0.25, -0.2) is 9.97 Å². The maximum Gasteiger partial charge on any atom is 0.228 e. The lowest BCUT2D eigenvalue weighted by Crippen LogP contribution is -2.39. The highest BCUT2D eigenvalue weighted by molar-refractivity contribution is 5.95. The topological polar surface area (TPSA) is 74.3 Å². The Morgan fingerprint density at radius 1 is 1.19 bits per heavy atom. The van der Waals surface area contributed by atoms with Crippen molar-refractivity contribution in [3.05, 3.63) is 53.1 Å². The molecule has 1 aromatic carbocycles. The highest BCUT2D eigenvalue weighted by Crippen LogP contribution is 2.29. The first-order valence-electron chi connectivity index (χ1n) is 11.6. The fourth-order valence-corrected chi connectivity index (χ4v) is 4.99. The molecule has 2 aliphatic rings. The number of amides is 1. The largest absolute Gasteiger partial charge is 0.381 e. The van der Waals surface area contributed by atoms with E-state index in [0.29, 0.717) is 25.6 Å². The van der Waals surface area contributed by atoms with Gasteiger partial charge in [0.1, 0.15) is 11.6 Å². The quantitative estimate of drug-likeness (QED) is 0.645. The number of aromatic nitrogens is 3. The average Bonchev–Trinajstić information content (AvgIpc) is 3.22. The zero-order valence-corrected chi connectivity index (χ0v) is 18.9. The summed E-state index contributed by atoms with van der Waals surface area (Å²) in [6.45, 7) is 4.99. The molecule has 0 aliphatic carbocycles. The first-order chi connectivity index (χ1) is 15.6. The average molecular weight is 434 g/mol. The van der Waals surface area contributed by atoms with Crippen LogP contribution in [-0.4, -0.2) is 58.6 Å². The van der Waals surface area contributed by atoms with Crippen LogP contribution in [-0.2, 0) is 28.9 Å². The lowest BCUT2D eigenvalue weighted by Gasteiger charge is -2.32. The Morgan fingerprint density at radius 2 is 2.00 bits per heavy atom. The number of anilines is 1. The number of rotatable bonds is 6. The second kappa shape index (κ2) is 9.00. The van der Waals surface area contributed by atoms with Crippen LogP contribution in [0.15, 0.2) is 30.5 Å². The molecule has 1 amide bonds. The van der Waals surface area contributed by atoms with Gasteiger partial charge in [-0.05, 0) is 51.3 Å². The molecule has 32 heavy (non-hydrogen) atoms. The van der Waals surface area contributed by atoms with Gasteiger partial charge in [-0.2, -0.15) is 0 Å². The Labute approximate surface area is 188 Å². The smallest absolute Gasteiger partial charge is 0.228 e. The summed E-state index contributed by atoms with van der Waals surface area (Å²) in [6, 6.07) is 8.79. The second-order valence-corrected chi connectivity index (χ2v) is 8.94. The highest BCUT2D eigenvalue weighted by Gasteiger charge is 2.28. The molecule has 7 heteroatoms. The van der Waals surface area contributed by atoms with E-state index in [9.17, 15) is 4.79 Å². The van der Waals surface area contributed by atoms with Gasteiger partial charge in [0.05, 0.1) is 6.54 Å². The number of carbonyl (C=O) groups excluding carboxylic acids is 1. The molecule has 0 atom stereocenters. The van der Waals surface area contributed by atoms with Crippen LogP contribution < -0.4 is 4.90 Å². The summed E-state index contributed by atoms with van der Waals surface area (Å²) < 4.78 is 5.50. The molecule has 1 fully saturated rings. The van der Waals surface area contributed by atoms with Crippen molar-refractivity contribution >= 4 is 22.6 Å². The second-order valence-electron chi connectivity index (χ2n) is 8.94. The van der Waals surface area contributed by atoms with Gasteiger partial charge in [-0.15, -0.1) is 0 Å². The van der Waals surface area contributed by atoms with E-state index in [1.807, 2.05) is 17.9 Å². The molecule has 0 radical (unpaired) electrons. The molecule has 0 saturated carbocycles. The molecule has 4 heterocycles. The van der Waals surface area contributed by atoms with E-state index < -0.39 is 0 Å². The van der Waals surface area contributed by atoms with Crippen molar-refractivity contribution in [2.24, 2.45) is 0 Å². The minimum Gasteiger partial charge on any atom is -0.381 e. The number of aryl methyl sites for hydroxylation is 1. The number of hydrogen-bond acceptors (Lipinski definition) is 5. The van der Waals surface area contributed by atoms with Crippen LogP contribution in [0.1, 0.15) is 41.9 Å². The molecule has 1 saturated heterocycles.